The van der Waals surface area contributed by atoms with Crippen molar-refractivity contribution in [1.82, 2.24) is 15.1 Å². The van der Waals surface area contributed by atoms with Crippen LogP contribution in [0.1, 0.15) is 18.4 Å². The van der Waals surface area contributed by atoms with Crippen LogP contribution < -0.4 is 5.32 Å². The smallest absolute Gasteiger partial charge is 0.0877 e. The first-order chi connectivity index (χ1) is 8.74. The second kappa shape index (κ2) is 5.03. The van der Waals surface area contributed by atoms with Gasteiger partial charge in [-0.3, -0.25) is 0 Å². The van der Waals surface area contributed by atoms with Crippen molar-refractivity contribution in [2.45, 2.75) is 25.4 Å². The quantitative estimate of drug-likeness (QED) is 0.931. The molecule has 0 radical (unpaired) electrons. The van der Waals surface area contributed by atoms with Crippen LogP contribution in [0.2, 0.25) is 5.02 Å². The van der Waals surface area contributed by atoms with Crippen LogP contribution in [0.5, 0.6) is 0 Å². The van der Waals surface area contributed by atoms with Crippen molar-refractivity contribution in [2.24, 2.45) is 0 Å². The summed E-state index contributed by atoms with van der Waals surface area (Å²) in [6.45, 7) is 0.831. The van der Waals surface area contributed by atoms with Crippen molar-refractivity contribution in [1.29, 1.82) is 0 Å². The Balaban J connectivity index is 1.94. The zero-order valence-corrected chi connectivity index (χ0v) is 12.1. The van der Waals surface area contributed by atoms with E-state index < -0.39 is 0 Å². The van der Waals surface area contributed by atoms with E-state index in [4.69, 9.17) is 11.6 Å². The van der Waals surface area contributed by atoms with Crippen LogP contribution in [-0.4, -0.2) is 15.8 Å². The van der Waals surface area contributed by atoms with E-state index in [1.165, 1.54) is 18.4 Å². The number of benzene rings is 1. The van der Waals surface area contributed by atoms with E-state index in [1.807, 2.05) is 23.0 Å². The second-order valence-electron chi connectivity index (χ2n) is 4.51. The molecule has 1 heterocycles. The Hall–Kier alpha value is -0.840. The topological polar surface area (TPSA) is 29.9 Å². The standard InChI is InChI=1S/C13H13BrClN3/c14-10-7-17-18(8-10)13-9(2-1-3-12(13)15)6-16-11-4-5-11/h1-3,7-8,11,16H,4-6H2. The highest BCUT2D eigenvalue weighted by Crippen LogP contribution is 2.26. The third-order valence-corrected chi connectivity index (χ3v) is 3.72. The van der Waals surface area contributed by atoms with Crippen molar-refractivity contribution in [3.05, 3.63) is 45.7 Å². The van der Waals surface area contributed by atoms with Crippen LogP contribution in [0.15, 0.2) is 35.1 Å². The summed E-state index contributed by atoms with van der Waals surface area (Å²) in [5.74, 6) is 0. The Morgan fingerprint density at radius 2 is 2.28 bits per heavy atom. The minimum atomic E-state index is 0.682. The lowest BCUT2D eigenvalue weighted by atomic mass is 10.1. The van der Waals surface area contributed by atoms with Gasteiger partial charge in [-0.05, 0) is 40.4 Å². The van der Waals surface area contributed by atoms with Crippen molar-refractivity contribution in [2.75, 3.05) is 0 Å². The molecule has 0 amide bonds. The number of nitrogens with one attached hydrogen (secondary N) is 1. The Morgan fingerprint density at radius 1 is 1.44 bits per heavy atom. The maximum Gasteiger partial charge on any atom is 0.0877 e. The molecular weight excluding hydrogens is 314 g/mol. The lowest BCUT2D eigenvalue weighted by Crippen LogP contribution is -2.17. The monoisotopic (exact) mass is 325 g/mol. The average Bonchev–Trinajstić information content (AvgIpc) is 3.09. The first-order valence-electron chi connectivity index (χ1n) is 5.95. The number of para-hydroxylation sites is 1. The van der Waals surface area contributed by atoms with Crippen LogP contribution in [0.3, 0.4) is 0 Å². The highest BCUT2D eigenvalue weighted by atomic mass is 79.9. The molecule has 5 heteroatoms. The molecule has 0 atom stereocenters. The normalized spacial score (nSPS) is 15.0. The summed E-state index contributed by atoms with van der Waals surface area (Å²) in [5.41, 5.74) is 2.13. The largest absolute Gasteiger partial charge is 0.310 e. The van der Waals surface area contributed by atoms with E-state index in [2.05, 4.69) is 32.4 Å². The molecule has 1 N–H and O–H groups in total. The Morgan fingerprint density at radius 3 is 2.94 bits per heavy atom. The summed E-state index contributed by atoms with van der Waals surface area (Å²) in [6, 6.07) is 6.65. The number of hydrogen-bond donors (Lipinski definition) is 1. The van der Waals surface area contributed by atoms with Gasteiger partial charge < -0.3 is 5.32 Å². The fourth-order valence-electron chi connectivity index (χ4n) is 1.92. The summed E-state index contributed by atoms with van der Waals surface area (Å²) >= 11 is 9.71. The minimum Gasteiger partial charge on any atom is -0.310 e. The van der Waals surface area contributed by atoms with Crippen LogP contribution in [0.25, 0.3) is 5.69 Å². The maximum absolute atomic E-state index is 6.30. The minimum absolute atomic E-state index is 0.682. The van der Waals surface area contributed by atoms with Gasteiger partial charge in [-0.1, -0.05) is 23.7 Å². The molecule has 0 spiro atoms. The Labute approximate surface area is 119 Å². The Kier molecular flexibility index (Phi) is 3.41. The van der Waals surface area contributed by atoms with Gasteiger partial charge in [-0.25, -0.2) is 4.68 Å². The third kappa shape index (κ3) is 2.60. The molecule has 18 heavy (non-hydrogen) atoms. The highest BCUT2D eigenvalue weighted by Gasteiger charge is 2.21. The number of rotatable bonds is 4. The zero-order valence-electron chi connectivity index (χ0n) is 9.74. The van der Waals surface area contributed by atoms with Crippen molar-refractivity contribution < 1.29 is 0 Å². The molecule has 0 saturated heterocycles. The summed E-state index contributed by atoms with van der Waals surface area (Å²) in [6.07, 6.45) is 6.25. The van der Waals surface area contributed by atoms with Gasteiger partial charge >= 0.3 is 0 Å². The molecule has 1 aliphatic carbocycles. The predicted molar refractivity (Wildman–Crippen MR) is 76.1 cm³/mol. The SMILES string of the molecule is Clc1cccc(CNC2CC2)c1-n1cc(Br)cn1. The van der Waals surface area contributed by atoms with Crippen molar-refractivity contribution in [3.8, 4) is 5.69 Å². The van der Waals surface area contributed by atoms with Gasteiger partial charge in [0.2, 0.25) is 0 Å². The summed E-state index contributed by atoms with van der Waals surface area (Å²) in [4.78, 5) is 0. The highest BCUT2D eigenvalue weighted by molar-refractivity contribution is 9.10. The van der Waals surface area contributed by atoms with Gasteiger partial charge in [0.15, 0.2) is 0 Å². The van der Waals surface area contributed by atoms with Gasteiger partial charge in [-0.15, -0.1) is 0 Å². The van der Waals surface area contributed by atoms with Gasteiger partial charge in [0, 0.05) is 18.8 Å². The fourth-order valence-corrected chi connectivity index (χ4v) is 2.49. The third-order valence-electron chi connectivity index (χ3n) is 3.01. The molecule has 2 aromatic rings. The van der Waals surface area contributed by atoms with E-state index in [0.29, 0.717) is 6.04 Å². The number of hydrogen-bond acceptors (Lipinski definition) is 2. The van der Waals surface area contributed by atoms with Crippen LogP contribution in [0.4, 0.5) is 0 Å². The van der Waals surface area contributed by atoms with Gasteiger partial charge in [-0.2, -0.15) is 5.10 Å². The van der Waals surface area contributed by atoms with E-state index in [-0.39, 0.29) is 0 Å². The lowest BCUT2D eigenvalue weighted by molar-refractivity contribution is 0.681. The molecule has 3 nitrogen and oxygen atoms in total. The van der Waals surface area contributed by atoms with Crippen LogP contribution in [0, 0.1) is 0 Å². The Bertz CT molecular complexity index is 563. The maximum atomic E-state index is 6.30. The first-order valence-corrected chi connectivity index (χ1v) is 7.12. The molecule has 3 rings (SSSR count). The van der Waals surface area contributed by atoms with Gasteiger partial charge in [0.05, 0.1) is 21.4 Å². The van der Waals surface area contributed by atoms with E-state index in [0.717, 1.165) is 21.7 Å². The average molecular weight is 327 g/mol. The molecule has 1 aromatic heterocycles. The predicted octanol–water partition coefficient (Wildman–Crippen LogP) is 3.54. The van der Waals surface area contributed by atoms with E-state index in [1.54, 1.807) is 6.20 Å². The van der Waals surface area contributed by atoms with E-state index in [9.17, 15) is 0 Å². The zero-order chi connectivity index (χ0) is 12.5. The number of aromatic nitrogens is 2. The lowest BCUT2D eigenvalue weighted by Gasteiger charge is -2.12. The molecule has 1 saturated carbocycles. The van der Waals surface area contributed by atoms with Gasteiger partial charge in [0.25, 0.3) is 0 Å². The van der Waals surface area contributed by atoms with Crippen LogP contribution >= 0.6 is 27.5 Å². The van der Waals surface area contributed by atoms with Gasteiger partial charge in [0.1, 0.15) is 0 Å². The number of halogens is 2. The molecule has 1 aliphatic rings. The fraction of sp³-hybridized carbons (Fsp3) is 0.308. The molecular formula is C13H13BrClN3. The van der Waals surface area contributed by atoms with E-state index >= 15 is 0 Å². The summed E-state index contributed by atoms with van der Waals surface area (Å²) in [5, 5.41) is 8.54. The molecule has 1 fully saturated rings. The second-order valence-corrected chi connectivity index (χ2v) is 5.83. The molecule has 0 aliphatic heterocycles. The number of nitrogens with zero attached hydrogens (tertiary/aromatic N) is 2. The van der Waals surface area contributed by atoms with Crippen molar-refractivity contribution in [3.63, 3.8) is 0 Å². The molecule has 1 aromatic carbocycles. The molecule has 94 valence electrons. The molecule has 0 bridgehead atoms. The first kappa shape index (κ1) is 12.2. The summed E-state index contributed by atoms with van der Waals surface area (Å²) < 4.78 is 2.76. The summed E-state index contributed by atoms with van der Waals surface area (Å²) in [7, 11) is 0. The van der Waals surface area contributed by atoms with Crippen LogP contribution in [-0.2, 0) is 6.54 Å². The molecule has 0 unspecified atom stereocenters. The van der Waals surface area contributed by atoms with Crippen molar-refractivity contribution >= 4 is 27.5 Å².